The van der Waals surface area contributed by atoms with Gasteiger partial charge >= 0.3 is 0 Å². The molecule has 0 bridgehead atoms. The third-order valence-corrected chi connectivity index (χ3v) is 3.67. The van der Waals surface area contributed by atoms with Gasteiger partial charge in [-0.2, -0.15) is 11.8 Å². The van der Waals surface area contributed by atoms with Gasteiger partial charge in [-0.1, -0.05) is 26.7 Å². The summed E-state index contributed by atoms with van der Waals surface area (Å²) in [7, 11) is 0. The molecule has 1 N–H and O–H groups in total. The summed E-state index contributed by atoms with van der Waals surface area (Å²) in [6.45, 7) is 7.29. The monoisotopic (exact) mass is 281 g/mol. The first-order valence-electron chi connectivity index (χ1n) is 7.22. The van der Waals surface area contributed by atoms with Crippen molar-refractivity contribution >= 4 is 17.6 Å². The van der Waals surface area contributed by atoms with Gasteiger partial charge in [0.1, 0.15) is 11.6 Å². The van der Waals surface area contributed by atoms with Gasteiger partial charge in [0.05, 0.1) is 0 Å². The number of nitrogens with zero attached hydrogens (tertiary/aromatic N) is 2. The van der Waals surface area contributed by atoms with Crippen LogP contribution in [0.3, 0.4) is 0 Å². The fourth-order valence-corrected chi connectivity index (χ4v) is 2.37. The molecule has 0 radical (unpaired) electrons. The zero-order valence-corrected chi connectivity index (χ0v) is 13.5. The Morgan fingerprint density at radius 1 is 1.16 bits per heavy atom. The molecule has 1 aromatic heterocycles. The second-order valence-corrected chi connectivity index (χ2v) is 6.23. The summed E-state index contributed by atoms with van der Waals surface area (Å²) in [6, 6.07) is 2.03. The minimum atomic E-state index is 0.381. The van der Waals surface area contributed by atoms with E-state index in [-0.39, 0.29) is 0 Å². The maximum Gasteiger partial charge on any atom is 0.133 e. The molecule has 0 aliphatic heterocycles. The molecule has 0 fully saturated rings. The van der Waals surface area contributed by atoms with Crippen LogP contribution in [0.2, 0.25) is 0 Å². The molecule has 0 aliphatic carbocycles. The molecule has 0 spiro atoms. The van der Waals surface area contributed by atoms with Crippen molar-refractivity contribution in [3.05, 3.63) is 17.6 Å². The Kier molecular flexibility index (Phi) is 7.87. The number of rotatable bonds is 9. The average Bonchev–Trinajstić information content (AvgIpc) is 2.37. The molecule has 0 aliphatic rings. The Morgan fingerprint density at radius 2 is 1.89 bits per heavy atom. The predicted octanol–water partition coefficient (Wildman–Crippen LogP) is 4.24. The van der Waals surface area contributed by atoms with Crippen molar-refractivity contribution in [3.63, 3.8) is 0 Å². The second kappa shape index (κ2) is 9.18. The zero-order valence-electron chi connectivity index (χ0n) is 12.7. The lowest BCUT2D eigenvalue weighted by molar-refractivity contribution is 0.687. The Balaban J connectivity index is 2.29. The van der Waals surface area contributed by atoms with Gasteiger partial charge < -0.3 is 5.32 Å². The van der Waals surface area contributed by atoms with Crippen molar-refractivity contribution in [2.24, 2.45) is 0 Å². The number of nitrogens with one attached hydrogen (secondary N) is 1. The molecule has 1 rings (SSSR count). The van der Waals surface area contributed by atoms with E-state index in [2.05, 4.69) is 35.4 Å². The van der Waals surface area contributed by atoms with E-state index in [9.17, 15) is 0 Å². The van der Waals surface area contributed by atoms with E-state index in [1.807, 2.05) is 24.8 Å². The molecule has 0 saturated carbocycles. The number of aromatic nitrogens is 2. The molecule has 1 aromatic rings. The van der Waals surface area contributed by atoms with Gasteiger partial charge in [-0.15, -0.1) is 0 Å². The van der Waals surface area contributed by atoms with E-state index in [0.29, 0.717) is 5.92 Å². The summed E-state index contributed by atoms with van der Waals surface area (Å²) in [6.07, 6.45) is 7.36. The molecular weight excluding hydrogens is 254 g/mol. The first-order valence-corrected chi connectivity index (χ1v) is 8.61. The van der Waals surface area contributed by atoms with Gasteiger partial charge in [0.25, 0.3) is 0 Å². The zero-order chi connectivity index (χ0) is 14.1. The molecule has 4 heteroatoms. The largest absolute Gasteiger partial charge is 0.370 e. The first-order chi connectivity index (χ1) is 9.13. The van der Waals surface area contributed by atoms with Gasteiger partial charge in [0.2, 0.25) is 0 Å². The van der Waals surface area contributed by atoms with E-state index < -0.39 is 0 Å². The third-order valence-electron chi connectivity index (χ3n) is 2.97. The van der Waals surface area contributed by atoms with Crippen LogP contribution in [0.4, 0.5) is 5.82 Å². The Hall–Kier alpha value is -0.770. The second-order valence-electron chi connectivity index (χ2n) is 5.24. The SMILES string of the molecule is CSCCCCCCNc1cc(C)nc(C(C)C)n1. The van der Waals surface area contributed by atoms with Crippen LogP contribution < -0.4 is 5.32 Å². The van der Waals surface area contributed by atoms with Crippen molar-refractivity contribution in [1.29, 1.82) is 0 Å². The lowest BCUT2D eigenvalue weighted by Gasteiger charge is -2.10. The topological polar surface area (TPSA) is 37.8 Å². The van der Waals surface area contributed by atoms with Gasteiger partial charge in [0.15, 0.2) is 0 Å². The van der Waals surface area contributed by atoms with Gasteiger partial charge in [0, 0.05) is 24.2 Å². The third kappa shape index (κ3) is 6.81. The highest BCUT2D eigenvalue weighted by molar-refractivity contribution is 7.98. The molecule has 0 unspecified atom stereocenters. The van der Waals surface area contributed by atoms with Crippen molar-refractivity contribution in [1.82, 2.24) is 9.97 Å². The first kappa shape index (κ1) is 16.3. The van der Waals surface area contributed by atoms with E-state index in [0.717, 1.165) is 23.9 Å². The van der Waals surface area contributed by atoms with Crippen molar-refractivity contribution in [2.45, 2.75) is 52.4 Å². The highest BCUT2D eigenvalue weighted by atomic mass is 32.2. The van der Waals surface area contributed by atoms with E-state index in [1.165, 1.54) is 31.4 Å². The minimum Gasteiger partial charge on any atom is -0.370 e. The maximum atomic E-state index is 4.55. The summed E-state index contributed by atoms with van der Waals surface area (Å²) >= 11 is 1.94. The molecule has 1 heterocycles. The quantitative estimate of drug-likeness (QED) is 0.687. The van der Waals surface area contributed by atoms with Gasteiger partial charge in [-0.3, -0.25) is 0 Å². The van der Waals surface area contributed by atoms with Crippen molar-refractivity contribution < 1.29 is 0 Å². The van der Waals surface area contributed by atoms with Crippen LogP contribution in [0.1, 0.15) is 57.0 Å². The smallest absolute Gasteiger partial charge is 0.133 e. The van der Waals surface area contributed by atoms with Crippen LogP contribution in [-0.2, 0) is 0 Å². The van der Waals surface area contributed by atoms with Crippen molar-refractivity contribution in [3.8, 4) is 0 Å². The van der Waals surface area contributed by atoms with Crippen LogP contribution in [-0.4, -0.2) is 28.5 Å². The van der Waals surface area contributed by atoms with Crippen LogP contribution in [0.25, 0.3) is 0 Å². The van der Waals surface area contributed by atoms with E-state index >= 15 is 0 Å². The average molecular weight is 281 g/mol. The van der Waals surface area contributed by atoms with Gasteiger partial charge in [-0.25, -0.2) is 9.97 Å². The number of hydrogen-bond donors (Lipinski definition) is 1. The summed E-state index contributed by atoms with van der Waals surface area (Å²) in [5.41, 5.74) is 1.04. The standard InChI is InChI=1S/C15H27N3S/c1-12(2)15-17-13(3)11-14(18-15)16-9-7-5-6-8-10-19-4/h11-12H,5-10H2,1-4H3,(H,16,17,18). The van der Waals surface area contributed by atoms with E-state index in [4.69, 9.17) is 0 Å². The van der Waals surface area contributed by atoms with E-state index in [1.54, 1.807) is 0 Å². The Labute approximate surface area is 122 Å². The molecule has 19 heavy (non-hydrogen) atoms. The summed E-state index contributed by atoms with van der Waals surface area (Å²) in [5, 5.41) is 3.42. The van der Waals surface area contributed by atoms with Crippen molar-refractivity contribution in [2.75, 3.05) is 23.9 Å². The fraction of sp³-hybridized carbons (Fsp3) is 0.733. The number of aryl methyl sites for hydroxylation is 1. The number of hydrogen-bond acceptors (Lipinski definition) is 4. The highest BCUT2D eigenvalue weighted by Gasteiger charge is 2.05. The van der Waals surface area contributed by atoms with Crippen LogP contribution in [0.15, 0.2) is 6.07 Å². The Bertz CT molecular complexity index is 366. The summed E-state index contributed by atoms with van der Waals surface area (Å²) in [4.78, 5) is 9.01. The lowest BCUT2D eigenvalue weighted by atomic mass is 10.2. The fourth-order valence-electron chi connectivity index (χ4n) is 1.88. The van der Waals surface area contributed by atoms with Crippen LogP contribution in [0.5, 0.6) is 0 Å². The molecule has 0 saturated heterocycles. The molecule has 0 atom stereocenters. The molecule has 3 nitrogen and oxygen atoms in total. The lowest BCUT2D eigenvalue weighted by Crippen LogP contribution is -2.07. The summed E-state index contributed by atoms with van der Waals surface area (Å²) < 4.78 is 0. The Morgan fingerprint density at radius 3 is 2.58 bits per heavy atom. The molecule has 0 aromatic carbocycles. The number of anilines is 1. The maximum absolute atomic E-state index is 4.55. The normalized spacial score (nSPS) is 11.0. The predicted molar refractivity (Wildman–Crippen MR) is 86.2 cm³/mol. The minimum absolute atomic E-state index is 0.381. The number of unbranched alkanes of at least 4 members (excludes halogenated alkanes) is 3. The molecule has 0 amide bonds. The van der Waals surface area contributed by atoms with Gasteiger partial charge in [-0.05, 0) is 31.8 Å². The van der Waals surface area contributed by atoms with Crippen LogP contribution >= 0.6 is 11.8 Å². The van der Waals surface area contributed by atoms with Crippen LogP contribution in [0, 0.1) is 6.92 Å². The molecular formula is C15H27N3S. The summed E-state index contributed by atoms with van der Waals surface area (Å²) in [5.74, 6) is 3.57. The number of thioether (sulfide) groups is 1. The highest BCUT2D eigenvalue weighted by Crippen LogP contribution is 2.13. The molecule has 108 valence electrons.